The first kappa shape index (κ1) is 28.2. The van der Waals surface area contributed by atoms with Gasteiger partial charge >= 0.3 is 0 Å². The third-order valence-electron chi connectivity index (χ3n) is 8.06. The molecule has 3 aliphatic rings. The van der Waals surface area contributed by atoms with Gasteiger partial charge in [0.05, 0.1) is 12.6 Å². The molecule has 5 rings (SSSR count). The summed E-state index contributed by atoms with van der Waals surface area (Å²) < 4.78 is 5.26. The summed E-state index contributed by atoms with van der Waals surface area (Å²) in [5, 5.41) is 3.02. The van der Waals surface area contributed by atoms with Crippen LogP contribution in [-0.2, 0) is 9.59 Å². The summed E-state index contributed by atoms with van der Waals surface area (Å²) in [5.41, 5.74) is 1.54. The molecular formula is C29H36ClN5O5. The van der Waals surface area contributed by atoms with Crippen LogP contribution in [0.3, 0.4) is 0 Å². The Kier molecular flexibility index (Phi) is 8.19. The smallest absolute Gasteiger partial charge is 0.290 e. The van der Waals surface area contributed by atoms with Crippen molar-refractivity contribution in [3.05, 3.63) is 52.9 Å². The van der Waals surface area contributed by atoms with Crippen molar-refractivity contribution in [3.8, 4) is 0 Å². The first-order valence-electron chi connectivity index (χ1n) is 13.9. The largest absolute Gasteiger partial charge is 0.440 e. The molecule has 214 valence electrons. The summed E-state index contributed by atoms with van der Waals surface area (Å²) in [6.45, 7) is 8.05. The van der Waals surface area contributed by atoms with Gasteiger partial charge < -0.3 is 29.3 Å². The van der Waals surface area contributed by atoms with E-state index in [1.165, 1.54) is 17.0 Å². The highest BCUT2D eigenvalue weighted by atomic mass is 35.5. The number of hydrogen-bond donors (Lipinski definition) is 1. The average molecular weight is 570 g/mol. The molecule has 1 aromatic heterocycles. The van der Waals surface area contributed by atoms with Crippen LogP contribution >= 0.6 is 11.6 Å². The molecule has 0 bridgehead atoms. The minimum absolute atomic E-state index is 0.0619. The number of nitrogens with zero attached hydrogens (tertiary/aromatic N) is 4. The number of anilines is 1. The number of nitrogens with one attached hydrogen (secondary N) is 1. The van der Waals surface area contributed by atoms with Gasteiger partial charge in [-0.1, -0.05) is 13.8 Å². The van der Waals surface area contributed by atoms with Gasteiger partial charge in [0.25, 0.3) is 11.8 Å². The monoisotopic (exact) mass is 569 g/mol. The van der Waals surface area contributed by atoms with Crippen LogP contribution in [0.2, 0.25) is 5.22 Å². The summed E-state index contributed by atoms with van der Waals surface area (Å²) >= 11 is 5.83. The molecule has 2 aromatic rings. The third-order valence-corrected chi connectivity index (χ3v) is 8.26. The van der Waals surface area contributed by atoms with Crippen LogP contribution in [0.25, 0.3) is 0 Å². The molecule has 3 amide bonds. The van der Waals surface area contributed by atoms with Crippen LogP contribution in [0.5, 0.6) is 0 Å². The zero-order valence-corrected chi connectivity index (χ0v) is 23.9. The molecule has 3 atom stereocenters. The molecule has 10 nitrogen and oxygen atoms in total. The molecule has 0 saturated carbocycles. The van der Waals surface area contributed by atoms with Crippen molar-refractivity contribution in [1.82, 2.24) is 20.0 Å². The van der Waals surface area contributed by atoms with Crippen molar-refractivity contribution in [2.75, 3.05) is 51.2 Å². The Morgan fingerprint density at radius 2 is 1.70 bits per heavy atom. The van der Waals surface area contributed by atoms with Gasteiger partial charge in [-0.05, 0) is 73.8 Å². The lowest BCUT2D eigenvalue weighted by Crippen LogP contribution is -2.53. The first-order valence-corrected chi connectivity index (χ1v) is 14.2. The van der Waals surface area contributed by atoms with Gasteiger partial charge in [0.15, 0.2) is 16.8 Å². The number of benzene rings is 1. The molecule has 3 fully saturated rings. The Morgan fingerprint density at radius 1 is 1.00 bits per heavy atom. The van der Waals surface area contributed by atoms with Gasteiger partial charge in [0.2, 0.25) is 5.91 Å². The quantitative estimate of drug-likeness (QED) is 0.546. The number of carbonyl (C=O) groups is 4. The van der Waals surface area contributed by atoms with Crippen molar-refractivity contribution in [2.24, 2.45) is 5.92 Å². The summed E-state index contributed by atoms with van der Waals surface area (Å²) in [6.07, 6.45) is 0.901. The number of halogens is 1. The fourth-order valence-electron chi connectivity index (χ4n) is 5.93. The number of hydrogen-bond acceptors (Lipinski definition) is 7. The van der Waals surface area contributed by atoms with Crippen LogP contribution in [-0.4, -0.2) is 103 Å². The van der Waals surface area contributed by atoms with Crippen LogP contribution < -0.4 is 10.2 Å². The molecule has 1 aromatic carbocycles. The van der Waals surface area contributed by atoms with E-state index in [2.05, 4.69) is 22.2 Å². The Hall–Kier alpha value is -3.37. The van der Waals surface area contributed by atoms with Gasteiger partial charge in [0.1, 0.15) is 12.1 Å². The van der Waals surface area contributed by atoms with Crippen LogP contribution in [0.15, 0.2) is 40.8 Å². The lowest BCUT2D eigenvalue weighted by Gasteiger charge is -2.34. The highest BCUT2D eigenvalue weighted by Gasteiger charge is 2.52. The molecular weight excluding hydrogens is 534 g/mol. The second-order valence-electron chi connectivity index (χ2n) is 11.3. The Labute approximate surface area is 239 Å². The number of carbonyl (C=O) groups excluding carboxylic acids is 4. The molecule has 3 aliphatic heterocycles. The Bertz CT molecular complexity index is 1270. The summed E-state index contributed by atoms with van der Waals surface area (Å²) in [5.74, 6) is -1.05. The van der Waals surface area contributed by atoms with Gasteiger partial charge in [0, 0.05) is 44.0 Å². The second kappa shape index (κ2) is 11.6. The number of Topliss-reactive ketones (excluding diaryl/α,β-unsaturated/α-hetero) is 1. The van der Waals surface area contributed by atoms with Gasteiger partial charge in [-0.15, -0.1) is 0 Å². The predicted molar refractivity (Wildman–Crippen MR) is 151 cm³/mol. The highest BCUT2D eigenvalue weighted by Crippen LogP contribution is 2.32. The lowest BCUT2D eigenvalue weighted by atomic mass is 10.0. The molecule has 3 saturated heterocycles. The minimum atomic E-state index is -0.787. The number of fused-ring (bicyclic) bond motifs is 1. The standard InChI is InChI=1S/C29H36ClN5O5/c1-18(2)16-21(31-27(37)19-4-6-20(7-5-19)33-14-12-32(3)13-15-33)28(38)34-11-10-22-26(34)23(36)17-35(22)29(39)24-8-9-25(30)40-24/h4-9,18,21-22,26H,10-17H2,1-3H3,(H,31,37). The second-order valence-corrected chi connectivity index (χ2v) is 11.7. The topological polar surface area (TPSA) is 106 Å². The summed E-state index contributed by atoms with van der Waals surface area (Å²) in [4.78, 5) is 60.7. The number of piperazine rings is 1. The fraction of sp³-hybridized carbons (Fsp3) is 0.517. The minimum Gasteiger partial charge on any atom is -0.440 e. The number of rotatable bonds is 7. The maximum atomic E-state index is 13.8. The third kappa shape index (κ3) is 5.74. The van der Waals surface area contributed by atoms with E-state index < -0.39 is 24.0 Å². The molecule has 1 N–H and O–H groups in total. The van der Waals surface area contributed by atoms with Crippen molar-refractivity contribution >= 4 is 40.8 Å². The van der Waals surface area contributed by atoms with Crippen molar-refractivity contribution in [3.63, 3.8) is 0 Å². The molecule has 0 spiro atoms. The summed E-state index contributed by atoms with van der Waals surface area (Å²) in [6, 6.07) is 8.46. The van der Waals surface area contributed by atoms with E-state index in [0.717, 1.165) is 31.9 Å². The van der Waals surface area contributed by atoms with E-state index in [-0.39, 0.29) is 41.0 Å². The van der Waals surface area contributed by atoms with E-state index in [4.69, 9.17) is 16.0 Å². The van der Waals surface area contributed by atoms with E-state index >= 15 is 0 Å². The zero-order chi connectivity index (χ0) is 28.6. The molecule has 3 unspecified atom stereocenters. The normalized spacial score (nSPS) is 22.1. The van der Waals surface area contributed by atoms with Crippen LogP contribution in [0, 0.1) is 5.92 Å². The number of furan rings is 1. The van der Waals surface area contributed by atoms with Gasteiger partial charge in [-0.25, -0.2) is 0 Å². The maximum absolute atomic E-state index is 13.8. The number of likely N-dealkylation sites (tertiary alicyclic amines) is 2. The van der Waals surface area contributed by atoms with Crippen molar-refractivity contribution in [1.29, 1.82) is 0 Å². The van der Waals surface area contributed by atoms with E-state index in [1.54, 1.807) is 17.0 Å². The van der Waals surface area contributed by atoms with E-state index in [1.807, 2.05) is 26.0 Å². The fourth-order valence-corrected chi connectivity index (χ4v) is 6.08. The zero-order valence-electron chi connectivity index (χ0n) is 23.1. The lowest BCUT2D eigenvalue weighted by molar-refractivity contribution is -0.138. The average Bonchev–Trinajstić information content (AvgIpc) is 3.65. The maximum Gasteiger partial charge on any atom is 0.290 e. The van der Waals surface area contributed by atoms with Crippen LogP contribution in [0.1, 0.15) is 47.6 Å². The number of amides is 3. The molecule has 0 radical (unpaired) electrons. The first-order chi connectivity index (χ1) is 19.1. The SMILES string of the molecule is CC(C)CC(NC(=O)c1ccc(N2CCN(C)CC2)cc1)C(=O)N1CCC2C1C(=O)CN2C(=O)c1ccc(Cl)o1. The predicted octanol–water partition coefficient (Wildman–Crippen LogP) is 2.52. The molecule has 40 heavy (non-hydrogen) atoms. The number of likely N-dealkylation sites (N-methyl/N-ethyl adjacent to an activating group) is 1. The molecule has 0 aliphatic carbocycles. The van der Waals surface area contributed by atoms with Gasteiger partial charge in [-0.2, -0.15) is 0 Å². The van der Waals surface area contributed by atoms with Gasteiger partial charge in [-0.3, -0.25) is 19.2 Å². The van der Waals surface area contributed by atoms with E-state index in [9.17, 15) is 19.2 Å². The van der Waals surface area contributed by atoms with Crippen molar-refractivity contribution < 1.29 is 23.6 Å². The summed E-state index contributed by atoms with van der Waals surface area (Å²) in [7, 11) is 2.11. The Balaban J connectivity index is 1.27. The highest BCUT2D eigenvalue weighted by molar-refractivity contribution is 6.29. The molecule has 11 heteroatoms. The molecule has 4 heterocycles. The van der Waals surface area contributed by atoms with E-state index in [0.29, 0.717) is 24.9 Å². The van der Waals surface area contributed by atoms with Crippen molar-refractivity contribution in [2.45, 2.75) is 44.8 Å². The van der Waals surface area contributed by atoms with Crippen LogP contribution in [0.4, 0.5) is 5.69 Å². The number of ketones is 1. The Morgan fingerprint density at radius 3 is 2.33 bits per heavy atom.